The normalized spacial score (nSPS) is 17.0. The molecular weight excluding hydrogens is 228 g/mol. The lowest BCUT2D eigenvalue weighted by Gasteiger charge is -2.32. The summed E-state index contributed by atoms with van der Waals surface area (Å²) in [4.78, 5) is 25.2. The molecule has 1 saturated heterocycles. The molecule has 2 heterocycles. The lowest BCUT2D eigenvalue weighted by Crippen LogP contribution is -2.47. The zero-order valence-electron chi connectivity index (χ0n) is 11.5. The van der Waals surface area contributed by atoms with Crippen LogP contribution >= 0.6 is 0 Å². The van der Waals surface area contributed by atoms with Gasteiger partial charge in [0.15, 0.2) is 0 Å². The van der Waals surface area contributed by atoms with Crippen molar-refractivity contribution in [2.45, 2.75) is 20.8 Å². The number of carbonyl (C=O) groups is 1. The Morgan fingerprint density at radius 3 is 2.00 bits per heavy atom. The molecule has 1 amide bonds. The van der Waals surface area contributed by atoms with Gasteiger partial charge in [-0.3, -0.25) is 4.79 Å². The van der Waals surface area contributed by atoms with Gasteiger partial charge >= 0.3 is 0 Å². The van der Waals surface area contributed by atoms with Gasteiger partial charge in [0.2, 0.25) is 0 Å². The highest BCUT2D eigenvalue weighted by Gasteiger charge is 2.24. The Balaban J connectivity index is 2.24. The van der Waals surface area contributed by atoms with Gasteiger partial charge in [-0.05, 0) is 27.8 Å². The van der Waals surface area contributed by atoms with Crippen molar-refractivity contribution in [3.63, 3.8) is 0 Å². The van der Waals surface area contributed by atoms with Crippen LogP contribution in [0.15, 0.2) is 0 Å². The molecule has 2 rings (SSSR count). The van der Waals surface area contributed by atoms with Crippen LogP contribution < -0.4 is 0 Å². The number of carbonyl (C=O) groups excluding carboxylic acids is 1. The van der Waals surface area contributed by atoms with Crippen molar-refractivity contribution < 1.29 is 4.79 Å². The van der Waals surface area contributed by atoms with E-state index in [4.69, 9.17) is 0 Å². The van der Waals surface area contributed by atoms with Gasteiger partial charge in [-0.1, -0.05) is 0 Å². The molecule has 5 heteroatoms. The van der Waals surface area contributed by atoms with Crippen LogP contribution in [0.5, 0.6) is 0 Å². The summed E-state index contributed by atoms with van der Waals surface area (Å²) in [7, 11) is 2.08. The van der Waals surface area contributed by atoms with Crippen molar-refractivity contribution >= 4 is 5.91 Å². The van der Waals surface area contributed by atoms with Crippen molar-refractivity contribution in [3.8, 4) is 0 Å². The van der Waals surface area contributed by atoms with Crippen LogP contribution in [0.3, 0.4) is 0 Å². The number of aryl methyl sites for hydroxylation is 3. The van der Waals surface area contributed by atoms with Crippen LogP contribution in [-0.2, 0) is 0 Å². The fourth-order valence-electron chi connectivity index (χ4n) is 2.36. The van der Waals surface area contributed by atoms with Crippen molar-refractivity contribution in [3.05, 3.63) is 22.8 Å². The lowest BCUT2D eigenvalue weighted by molar-refractivity contribution is 0.0661. The minimum atomic E-state index is 0.0677. The topological polar surface area (TPSA) is 49.3 Å². The second-order valence-corrected chi connectivity index (χ2v) is 4.91. The zero-order valence-corrected chi connectivity index (χ0v) is 11.5. The number of rotatable bonds is 1. The van der Waals surface area contributed by atoms with Gasteiger partial charge in [-0.15, -0.1) is 0 Å². The van der Waals surface area contributed by atoms with Crippen LogP contribution in [-0.4, -0.2) is 58.9 Å². The highest BCUT2D eigenvalue weighted by molar-refractivity contribution is 5.96. The molecule has 1 fully saturated rings. The molecule has 1 aliphatic heterocycles. The average molecular weight is 248 g/mol. The molecule has 0 saturated carbocycles. The molecule has 1 aromatic heterocycles. The van der Waals surface area contributed by atoms with E-state index >= 15 is 0 Å². The largest absolute Gasteiger partial charge is 0.336 e. The predicted molar refractivity (Wildman–Crippen MR) is 69.6 cm³/mol. The number of piperazine rings is 1. The molecule has 0 spiro atoms. The molecule has 0 unspecified atom stereocenters. The van der Waals surface area contributed by atoms with Crippen LogP contribution in [0, 0.1) is 20.8 Å². The minimum absolute atomic E-state index is 0.0677. The second kappa shape index (κ2) is 5.02. The first-order valence-corrected chi connectivity index (χ1v) is 6.28. The summed E-state index contributed by atoms with van der Waals surface area (Å²) in [5.41, 5.74) is 2.23. The molecule has 98 valence electrons. The fourth-order valence-corrected chi connectivity index (χ4v) is 2.36. The van der Waals surface area contributed by atoms with E-state index in [9.17, 15) is 4.79 Å². The van der Waals surface area contributed by atoms with Crippen molar-refractivity contribution in [2.24, 2.45) is 0 Å². The number of aromatic nitrogens is 2. The van der Waals surface area contributed by atoms with Gasteiger partial charge in [0.25, 0.3) is 5.91 Å². The van der Waals surface area contributed by atoms with E-state index in [-0.39, 0.29) is 5.91 Å². The molecule has 0 N–H and O–H groups in total. The first kappa shape index (κ1) is 13.0. The first-order chi connectivity index (χ1) is 8.49. The summed E-state index contributed by atoms with van der Waals surface area (Å²) in [5, 5.41) is 0. The third kappa shape index (κ3) is 2.51. The maximum absolute atomic E-state index is 12.5. The van der Waals surface area contributed by atoms with Crippen LogP contribution in [0.4, 0.5) is 0 Å². The summed E-state index contributed by atoms with van der Waals surface area (Å²) in [6.45, 7) is 9.03. The van der Waals surface area contributed by atoms with Gasteiger partial charge in [0.1, 0.15) is 5.82 Å². The van der Waals surface area contributed by atoms with Gasteiger partial charge in [-0.2, -0.15) is 0 Å². The Labute approximate surface area is 108 Å². The summed E-state index contributed by atoms with van der Waals surface area (Å²) < 4.78 is 0. The van der Waals surface area contributed by atoms with E-state index in [1.165, 1.54) is 0 Å². The van der Waals surface area contributed by atoms with Gasteiger partial charge in [0, 0.05) is 26.2 Å². The van der Waals surface area contributed by atoms with Crippen molar-refractivity contribution in [2.75, 3.05) is 33.2 Å². The maximum Gasteiger partial charge on any atom is 0.257 e. The van der Waals surface area contributed by atoms with Crippen LogP contribution in [0.2, 0.25) is 0 Å². The lowest BCUT2D eigenvalue weighted by atomic mass is 10.1. The molecule has 0 aromatic carbocycles. The van der Waals surface area contributed by atoms with E-state index < -0.39 is 0 Å². The molecule has 18 heavy (non-hydrogen) atoms. The number of amides is 1. The highest BCUT2D eigenvalue weighted by atomic mass is 16.2. The first-order valence-electron chi connectivity index (χ1n) is 6.28. The monoisotopic (exact) mass is 248 g/mol. The molecule has 0 radical (unpaired) electrons. The predicted octanol–water partition coefficient (Wildman–Crippen LogP) is 0.789. The third-order valence-electron chi connectivity index (χ3n) is 3.39. The second-order valence-electron chi connectivity index (χ2n) is 4.91. The molecule has 0 bridgehead atoms. The summed E-state index contributed by atoms with van der Waals surface area (Å²) in [6, 6.07) is 0. The highest BCUT2D eigenvalue weighted by Crippen LogP contribution is 2.14. The molecule has 0 aliphatic carbocycles. The zero-order chi connectivity index (χ0) is 13.3. The van der Waals surface area contributed by atoms with E-state index in [0.29, 0.717) is 5.56 Å². The van der Waals surface area contributed by atoms with E-state index in [2.05, 4.69) is 21.9 Å². The minimum Gasteiger partial charge on any atom is -0.336 e. The summed E-state index contributed by atoms with van der Waals surface area (Å²) >= 11 is 0. The van der Waals surface area contributed by atoms with Crippen molar-refractivity contribution in [1.82, 2.24) is 19.8 Å². The van der Waals surface area contributed by atoms with Crippen molar-refractivity contribution in [1.29, 1.82) is 0 Å². The molecular formula is C13H20N4O. The Kier molecular flexibility index (Phi) is 3.61. The molecule has 0 atom stereocenters. The average Bonchev–Trinajstić information content (AvgIpc) is 2.28. The van der Waals surface area contributed by atoms with Crippen LogP contribution in [0.25, 0.3) is 0 Å². The Bertz CT molecular complexity index is 441. The fraction of sp³-hybridized carbons (Fsp3) is 0.615. The number of nitrogens with zero attached hydrogens (tertiary/aromatic N) is 4. The van der Waals surface area contributed by atoms with E-state index in [1.807, 2.05) is 25.7 Å². The maximum atomic E-state index is 12.5. The number of hydrogen-bond donors (Lipinski definition) is 0. The number of likely N-dealkylation sites (N-methyl/N-ethyl adjacent to an activating group) is 1. The Hall–Kier alpha value is -1.49. The van der Waals surface area contributed by atoms with E-state index in [0.717, 1.165) is 43.4 Å². The molecule has 1 aliphatic rings. The van der Waals surface area contributed by atoms with E-state index in [1.54, 1.807) is 0 Å². The molecule has 5 nitrogen and oxygen atoms in total. The van der Waals surface area contributed by atoms with Crippen LogP contribution in [0.1, 0.15) is 27.6 Å². The third-order valence-corrected chi connectivity index (χ3v) is 3.39. The summed E-state index contributed by atoms with van der Waals surface area (Å²) in [6.07, 6.45) is 0. The number of hydrogen-bond acceptors (Lipinski definition) is 4. The molecule has 1 aromatic rings. The van der Waals surface area contributed by atoms with Gasteiger partial charge < -0.3 is 9.80 Å². The van der Waals surface area contributed by atoms with Gasteiger partial charge in [-0.25, -0.2) is 9.97 Å². The van der Waals surface area contributed by atoms with Gasteiger partial charge in [0.05, 0.1) is 17.0 Å². The SMILES string of the molecule is Cc1nc(C)c(C(=O)N2CCN(C)CC2)c(C)n1. The standard InChI is InChI=1S/C13H20N4O/c1-9-12(10(2)15-11(3)14-9)13(18)17-7-5-16(4)6-8-17/h5-8H2,1-4H3. The summed E-state index contributed by atoms with van der Waals surface area (Å²) in [5.74, 6) is 0.790. The Morgan fingerprint density at radius 2 is 1.50 bits per heavy atom. The quantitative estimate of drug-likeness (QED) is 0.737. The smallest absolute Gasteiger partial charge is 0.257 e. The Morgan fingerprint density at radius 1 is 1.00 bits per heavy atom.